The maximum atomic E-state index is 12.7. The van der Waals surface area contributed by atoms with E-state index in [9.17, 15) is 14.7 Å². The Hall–Kier alpha value is -1.63. The van der Waals surface area contributed by atoms with E-state index in [1.807, 2.05) is 4.90 Å². The van der Waals surface area contributed by atoms with Gasteiger partial charge in [0.15, 0.2) is 6.10 Å². The number of benzene rings is 1. The van der Waals surface area contributed by atoms with Crippen LogP contribution < -0.4 is 0 Å². The van der Waals surface area contributed by atoms with Gasteiger partial charge in [-0.3, -0.25) is 9.59 Å². The van der Waals surface area contributed by atoms with Crippen molar-refractivity contribution >= 4 is 23.4 Å². The zero-order chi connectivity index (χ0) is 18.5. The van der Waals surface area contributed by atoms with Gasteiger partial charge in [0, 0.05) is 50.3 Å². The smallest absolute Gasteiger partial charge is 0.256 e. The van der Waals surface area contributed by atoms with Crippen molar-refractivity contribution < 1.29 is 19.4 Å². The quantitative estimate of drug-likeness (QED) is 0.869. The van der Waals surface area contributed by atoms with Gasteiger partial charge in [-0.25, -0.2) is 0 Å². The minimum atomic E-state index is -1.23. The lowest BCUT2D eigenvalue weighted by atomic mass is 9.98. The second-order valence-electron chi connectivity index (χ2n) is 6.85. The predicted octanol–water partition coefficient (Wildman–Crippen LogP) is 1.86. The molecule has 2 amide bonds. The first-order chi connectivity index (χ1) is 12.6. The maximum Gasteiger partial charge on any atom is 0.256 e. The van der Waals surface area contributed by atoms with Crippen LogP contribution in [0.3, 0.4) is 0 Å². The number of carbonyl (C=O) groups is 2. The number of halogens is 1. The first kappa shape index (κ1) is 19.1. The summed E-state index contributed by atoms with van der Waals surface area (Å²) in [5.74, 6) is -0.145. The molecule has 0 spiro atoms. The van der Waals surface area contributed by atoms with Crippen LogP contribution in [0.1, 0.15) is 30.9 Å². The number of nitrogens with zero attached hydrogens (tertiary/aromatic N) is 2. The molecular weight excluding hydrogens is 356 g/mol. The molecule has 2 aliphatic heterocycles. The van der Waals surface area contributed by atoms with Gasteiger partial charge in [0.05, 0.1) is 0 Å². The van der Waals surface area contributed by atoms with Gasteiger partial charge in [-0.15, -0.1) is 0 Å². The van der Waals surface area contributed by atoms with Gasteiger partial charge in [-0.1, -0.05) is 23.7 Å². The summed E-state index contributed by atoms with van der Waals surface area (Å²) >= 11 is 5.94. The molecule has 0 aliphatic carbocycles. The molecule has 0 aromatic heterocycles. The molecule has 1 atom stereocenters. The Labute approximate surface area is 158 Å². The number of aliphatic hydroxyl groups excluding tert-OH is 1. The van der Waals surface area contributed by atoms with Crippen LogP contribution in [0.5, 0.6) is 0 Å². The van der Waals surface area contributed by atoms with Gasteiger partial charge >= 0.3 is 0 Å². The average Bonchev–Trinajstić information content (AvgIpc) is 2.93. The van der Waals surface area contributed by atoms with Gasteiger partial charge in [0.1, 0.15) is 0 Å². The van der Waals surface area contributed by atoms with Crippen molar-refractivity contribution in [3.63, 3.8) is 0 Å². The Bertz CT molecular complexity index is 648. The van der Waals surface area contributed by atoms with Gasteiger partial charge in [0.25, 0.3) is 5.91 Å². The monoisotopic (exact) mass is 380 g/mol. The molecule has 0 bridgehead atoms. The second-order valence-corrected chi connectivity index (χ2v) is 7.28. The minimum absolute atomic E-state index is 0.0306. The molecule has 2 aliphatic rings. The molecule has 142 valence electrons. The number of aliphatic hydroxyl groups is 1. The van der Waals surface area contributed by atoms with E-state index in [1.54, 1.807) is 29.2 Å². The van der Waals surface area contributed by atoms with Crippen molar-refractivity contribution in [2.75, 3.05) is 39.4 Å². The average molecular weight is 381 g/mol. The summed E-state index contributed by atoms with van der Waals surface area (Å²) in [6.45, 7) is 3.40. The molecule has 1 aromatic rings. The van der Waals surface area contributed by atoms with E-state index in [-0.39, 0.29) is 17.7 Å². The van der Waals surface area contributed by atoms with Crippen molar-refractivity contribution in [2.24, 2.45) is 5.92 Å². The fourth-order valence-electron chi connectivity index (χ4n) is 3.55. The van der Waals surface area contributed by atoms with Crippen LogP contribution in [0.25, 0.3) is 0 Å². The number of rotatable bonds is 3. The van der Waals surface area contributed by atoms with Gasteiger partial charge < -0.3 is 19.6 Å². The molecule has 26 heavy (non-hydrogen) atoms. The third-order valence-electron chi connectivity index (χ3n) is 5.09. The predicted molar refractivity (Wildman–Crippen MR) is 97.7 cm³/mol. The van der Waals surface area contributed by atoms with E-state index >= 15 is 0 Å². The zero-order valence-electron chi connectivity index (χ0n) is 14.8. The van der Waals surface area contributed by atoms with Gasteiger partial charge in [0.2, 0.25) is 5.91 Å². The first-order valence-corrected chi connectivity index (χ1v) is 9.53. The number of hydrogen-bond donors (Lipinski definition) is 1. The Morgan fingerprint density at radius 2 is 1.81 bits per heavy atom. The van der Waals surface area contributed by atoms with E-state index in [0.717, 1.165) is 12.8 Å². The van der Waals surface area contributed by atoms with Crippen LogP contribution in [-0.4, -0.2) is 66.1 Å². The normalized spacial score (nSPS) is 20.5. The first-order valence-electron chi connectivity index (χ1n) is 9.15. The van der Waals surface area contributed by atoms with Crippen LogP contribution in [0.15, 0.2) is 24.3 Å². The molecule has 6 nitrogen and oxygen atoms in total. The molecule has 1 unspecified atom stereocenters. The molecule has 2 heterocycles. The maximum absolute atomic E-state index is 12.7. The summed E-state index contributed by atoms with van der Waals surface area (Å²) in [6.07, 6.45) is 1.02. The topological polar surface area (TPSA) is 70.1 Å². The van der Waals surface area contributed by atoms with Crippen molar-refractivity contribution in [3.8, 4) is 0 Å². The Balaban J connectivity index is 1.59. The standard InChI is InChI=1S/C19H25ClN2O4/c20-16-4-1-3-15(13-16)17(23)19(25)22-8-2-7-21(9-10-22)18(24)14-5-11-26-12-6-14/h1,3-4,13-14,17,23H,2,5-12H2. The summed E-state index contributed by atoms with van der Waals surface area (Å²) in [4.78, 5) is 28.8. The summed E-state index contributed by atoms with van der Waals surface area (Å²) in [5.41, 5.74) is 0.488. The lowest BCUT2D eigenvalue weighted by Gasteiger charge is -2.28. The Morgan fingerprint density at radius 3 is 2.54 bits per heavy atom. The molecule has 3 rings (SSSR count). The second kappa shape index (κ2) is 8.84. The number of hydrogen-bond acceptors (Lipinski definition) is 4. The van der Waals surface area contributed by atoms with Crippen LogP contribution in [0, 0.1) is 5.92 Å². The van der Waals surface area contributed by atoms with Crippen molar-refractivity contribution in [2.45, 2.75) is 25.4 Å². The SMILES string of the molecule is O=C(C1CCOCC1)N1CCCN(C(=O)C(O)c2cccc(Cl)c2)CC1. The lowest BCUT2D eigenvalue weighted by Crippen LogP contribution is -2.42. The highest BCUT2D eigenvalue weighted by atomic mass is 35.5. The number of amides is 2. The Morgan fingerprint density at radius 1 is 1.12 bits per heavy atom. The molecule has 0 radical (unpaired) electrons. The van der Waals surface area contributed by atoms with E-state index in [0.29, 0.717) is 56.4 Å². The van der Waals surface area contributed by atoms with Crippen molar-refractivity contribution in [3.05, 3.63) is 34.9 Å². The Kier molecular flexibility index (Phi) is 6.51. The largest absolute Gasteiger partial charge is 0.381 e. The highest BCUT2D eigenvalue weighted by molar-refractivity contribution is 6.30. The highest BCUT2D eigenvalue weighted by Gasteiger charge is 2.30. The van der Waals surface area contributed by atoms with Crippen LogP contribution >= 0.6 is 11.6 Å². The molecule has 0 saturated carbocycles. The van der Waals surface area contributed by atoms with E-state index in [2.05, 4.69) is 0 Å². The molecular formula is C19H25ClN2O4. The minimum Gasteiger partial charge on any atom is -0.381 e. The molecule has 1 aromatic carbocycles. The van der Waals surface area contributed by atoms with Crippen molar-refractivity contribution in [1.29, 1.82) is 0 Å². The summed E-state index contributed by atoms with van der Waals surface area (Å²) in [6, 6.07) is 6.70. The summed E-state index contributed by atoms with van der Waals surface area (Å²) in [5, 5.41) is 10.9. The third-order valence-corrected chi connectivity index (χ3v) is 5.32. The van der Waals surface area contributed by atoms with Gasteiger partial charge in [-0.05, 0) is 37.0 Å². The van der Waals surface area contributed by atoms with E-state index < -0.39 is 6.10 Å². The zero-order valence-corrected chi connectivity index (χ0v) is 15.5. The van der Waals surface area contributed by atoms with E-state index in [1.165, 1.54) is 0 Å². The van der Waals surface area contributed by atoms with Crippen LogP contribution in [0.2, 0.25) is 5.02 Å². The summed E-state index contributed by atoms with van der Waals surface area (Å²) in [7, 11) is 0. The fourth-order valence-corrected chi connectivity index (χ4v) is 3.75. The van der Waals surface area contributed by atoms with Gasteiger partial charge in [-0.2, -0.15) is 0 Å². The third kappa shape index (κ3) is 4.55. The number of ether oxygens (including phenoxy) is 1. The van der Waals surface area contributed by atoms with Crippen LogP contribution in [-0.2, 0) is 14.3 Å². The molecule has 2 saturated heterocycles. The van der Waals surface area contributed by atoms with Crippen LogP contribution in [0.4, 0.5) is 0 Å². The highest BCUT2D eigenvalue weighted by Crippen LogP contribution is 2.22. The molecule has 7 heteroatoms. The molecule has 2 fully saturated rings. The summed E-state index contributed by atoms with van der Waals surface area (Å²) < 4.78 is 5.33. The molecule has 1 N–H and O–H groups in total. The van der Waals surface area contributed by atoms with E-state index in [4.69, 9.17) is 16.3 Å². The van der Waals surface area contributed by atoms with Crippen molar-refractivity contribution in [1.82, 2.24) is 9.80 Å². The number of carbonyl (C=O) groups excluding carboxylic acids is 2. The lowest BCUT2D eigenvalue weighted by molar-refractivity contribution is -0.142. The fraction of sp³-hybridized carbons (Fsp3) is 0.579.